The fourth-order valence-corrected chi connectivity index (χ4v) is 5.72. The van der Waals surface area contributed by atoms with Crippen molar-refractivity contribution < 1.29 is 38.4 Å². The minimum Gasteiger partial charge on any atom is -0.454 e. The smallest absolute Gasteiger partial charge is 0.246 e. The van der Waals surface area contributed by atoms with E-state index in [4.69, 9.17) is 28.8 Å². The van der Waals surface area contributed by atoms with Crippen molar-refractivity contribution >= 4 is 22.7 Å². The fraction of sp³-hybridized carbons (Fsp3) is 0.448. The van der Waals surface area contributed by atoms with Crippen molar-refractivity contribution in [1.29, 1.82) is 0 Å². The van der Waals surface area contributed by atoms with Crippen LogP contribution in [0.4, 0.5) is 0 Å². The number of fused-ring (bicyclic) bond motifs is 5. The standard InChI is InChI=1S/C29H33N3O8/c33-8-10-37-12-14-38-13-11-36-9-7-31-17-26(34)32-23(29(31)35)16-21-20-3-1-2-4-22(20)30-27(21)28(32)19-5-6-24-25(15-19)40-18-39-24/h1-6,15,23,28,30,33H,7-14,16-18H2/t23-,28-/m1/s1. The molecule has 2 atom stereocenters. The molecule has 1 aromatic heterocycles. The number of carbonyl (C=O) groups excluding carboxylic acids is 2. The summed E-state index contributed by atoms with van der Waals surface area (Å²) in [4.78, 5) is 34.4. The molecule has 4 heterocycles. The van der Waals surface area contributed by atoms with Gasteiger partial charge in [0.05, 0.1) is 58.8 Å². The van der Waals surface area contributed by atoms with Crippen LogP contribution in [-0.2, 0) is 30.2 Å². The summed E-state index contributed by atoms with van der Waals surface area (Å²) in [7, 11) is 0. The van der Waals surface area contributed by atoms with Gasteiger partial charge in [0.25, 0.3) is 0 Å². The number of piperazine rings is 1. The molecule has 0 bridgehead atoms. The maximum absolute atomic E-state index is 13.8. The largest absolute Gasteiger partial charge is 0.454 e. The van der Waals surface area contributed by atoms with E-state index >= 15 is 0 Å². The average Bonchev–Trinajstić information content (AvgIpc) is 3.59. The number of amides is 2. The van der Waals surface area contributed by atoms with E-state index in [-0.39, 0.29) is 31.8 Å². The molecule has 3 aromatic rings. The van der Waals surface area contributed by atoms with Gasteiger partial charge in [0.2, 0.25) is 18.6 Å². The van der Waals surface area contributed by atoms with Gasteiger partial charge in [0.15, 0.2) is 11.5 Å². The summed E-state index contributed by atoms with van der Waals surface area (Å²) in [6.45, 7) is 2.66. The van der Waals surface area contributed by atoms with Crippen molar-refractivity contribution in [3.8, 4) is 11.5 Å². The first kappa shape index (κ1) is 26.6. The number of benzene rings is 2. The Morgan fingerprint density at radius 3 is 2.50 bits per heavy atom. The number of H-pyrrole nitrogens is 1. The average molecular weight is 552 g/mol. The highest BCUT2D eigenvalue weighted by atomic mass is 16.7. The molecule has 0 aliphatic carbocycles. The number of hydrogen-bond acceptors (Lipinski definition) is 8. The third-order valence-electron chi connectivity index (χ3n) is 7.54. The van der Waals surface area contributed by atoms with Crippen LogP contribution in [0.3, 0.4) is 0 Å². The van der Waals surface area contributed by atoms with Crippen molar-refractivity contribution in [2.75, 3.05) is 66.1 Å². The molecule has 3 aliphatic heterocycles. The predicted molar refractivity (Wildman–Crippen MR) is 143 cm³/mol. The molecule has 11 nitrogen and oxygen atoms in total. The van der Waals surface area contributed by atoms with Gasteiger partial charge in [0.1, 0.15) is 6.04 Å². The van der Waals surface area contributed by atoms with Gasteiger partial charge in [-0.2, -0.15) is 0 Å². The van der Waals surface area contributed by atoms with Gasteiger partial charge in [-0.1, -0.05) is 24.3 Å². The zero-order valence-corrected chi connectivity index (χ0v) is 22.2. The number of para-hydroxylation sites is 1. The second-order valence-corrected chi connectivity index (χ2v) is 9.92. The summed E-state index contributed by atoms with van der Waals surface area (Å²) >= 11 is 0. The zero-order chi connectivity index (χ0) is 27.5. The Bertz CT molecular complexity index is 1370. The monoisotopic (exact) mass is 551 g/mol. The Hall–Kier alpha value is -3.64. The summed E-state index contributed by atoms with van der Waals surface area (Å²) < 4.78 is 27.4. The number of rotatable bonds is 12. The number of aliphatic hydroxyl groups is 1. The van der Waals surface area contributed by atoms with E-state index in [1.54, 1.807) is 9.80 Å². The summed E-state index contributed by atoms with van der Waals surface area (Å²) in [6, 6.07) is 12.7. The minimum absolute atomic E-state index is 0.00595. The third kappa shape index (κ3) is 5.13. The van der Waals surface area contributed by atoms with Crippen molar-refractivity contribution in [2.45, 2.75) is 18.5 Å². The van der Waals surface area contributed by atoms with E-state index in [1.807, 2.05) is 36.4 Å². The number of aliphatic hydroxyl groups excluding tert-OH is 1. The van der Waals surface area contributed by atoms with Crippen LogP contribution in [0, 0.1) is 0 Å². The van der Waals surface area contributed by atoms with E-state index in [1.165, 1.54) is 0 Å². The molecule has 1 fully saturated rings. The highest BCUT2D eigenvalue weighted by Crippen LogP contribution is 2.44. The first-order chi connectivity index (χ1) is 19.7. The van der Waals surface area contributed by atoms with Gasteiger partial charge >= 0.3 is 0 Å². The molecule has 212 valence electrons. The maximum Gasteiger partial charge on any atom is 0.246 e. The lowest BCUT2D eigenvalue weighted by Gasteiger charge is -2.47. The molecular weight excluding hydrogens is 518 g/mol. The molecule has 11 heteroatoms. The molecule has 0 radical (unpaired) electrons. The lowest BCUT2D eigenvalue weighted by Crippen LogP contribution is -2.63. The van der Waals surface area contributed by atoms with Crippen LogP contribution < -0.4 is 9.47 Å². The Morgan fingerprint density at radius 1 is 0.925 bits per heavy atom. The molecule has 40 heavy (non-hydrogen) atoms. The topological polar surface area (TPSA) is 123 Å². The van der Waals surface area contributed by atoms with Crippen LogP contribution in [0.5, 0.6) is 11.5 Å². The molecule has 2 N–H and O–H groups in total. The third-order valence-corrected chi connectivity index (χ3v) is 7.54. The molecule has 2 aromatic carbocycles. The SMILES string of the molecule is O=C1[C@H]2Cc3c([nH]c4ccccc34)[C@@H](c3ccc4c(c3)OCO4)N2C(=O)CN1CCOCCOCCOCCO. The quantitative estimate of drug-likeness (QED) is 0.326. The van der Waals surface area contributed by atoms with Crippen LogP contribution in [0.2, 0.25) is 0 Å². The summed E-state index contributed by atoms with van der Waals surface area (Å²) in [5.41, 5.74) is 3.82. The molecule has 2 amide bonds. The molecule has 1 saturated heterocycles. The molecule has 0 unspecified atom stereocenters. The molecular formula is C29H33N3O8. The predicted octanol–water partition coefficient (Wildman–Crippen LogP) is 1.62. The van der Waals surface area contributed by atoms with Crippen LogP contribution in [0.25, 0.3) is 10.9 Å². The second kappa shape index (κ2) is 11.8. The van der Waals surface area contributed by atoms with Gasteiger partial charge in [-0.25, -0.2) is 0 Å². The van der Waals surface area contributed by atoms with E-state index in [0.717, 1.165) is 27.7 Å². The number of aromatic amines is 1. The van der Waals surface area contributed by atoms with Crippen LogP contribution in [0.15, 0.2) is 42.5 Å². The van der Waals surface area contributed by atoms with Crippen LogP contribution in [-0.4, -0.2) is 104 Å². The molecule has 0 saturated carbocycles. The van der Waals surface area contributed by atoms with E-state index < -0.39 is 12.1 Å². The summed E-state index contributed by atoms with van der Waals surface area (Å²) in [5, 5.41) is 9.76. The van der Waals surface area contributed by atoms with Crippen LogP contribution in [0.1, 0.15) is 22.9 Å². The van der Waals surface area contributed by atoms with Gasteiger partial charge < -0.3 is 43.6 Å². The summed E-state index contributed by atoms with van der Waals surface area (Å²) in [5.74, 6) is 1.11. The van der Waals surface area contributed by atoms with Crippen molar-refractivity contribution in [2.24, 2.45) is 0 Å². The number of carbonyl (C=O) groups is 2. The van der Waals surface area contributed by atoms with Crippen LogP contribution >= 0.6 is 0 Å². The highest BCUT2D eigenvalue weighted by Gasteiger charge is 2.48. The molecule has 6 rings (SSSR count). The van der Waals surface area contributed by atoms with E-state index in [0.29, 0.717) is 64.1 Å². The van der Waals surface area contributed by atoms with Crippen molar-refractivity contribution in [3.05, 3.63) is 59.3 Å². The maximum atomic E-state index is 13.8. The van der Waals surface area contributed by atoms with Crippen molar-refractivity contribution in [1.82, 2.24) is 14.8 Å². The number of nitrogens with one attached hydrogen (secondary N) is 1. The lowest BCUT2D eigenvalue weighted by atomic mass is 9.86. The summed E-state index contributed by atoms with van der Waals surface area (Å²) in [6.07, 6.45) is 0.439. The Morgan fingerprint density at radius 2 is 1.68 bits per heavy atom. The van der Waals surface area contributed by atoms with Gasteiger partial charge in [-0.05, 0) is 29.3 Å². The number of ether oxygens (including phenoxy) is 5. The molecule has 0 spiro atoms. The first-order valence-corrected chi connectivity index (χ1v) is 13.6. The molecule has 3 aliphatic rings. The second-order valence-electron chi connectivity index (χ2n) is 9.92. The van der Waals surface area contributed by atoms with Gasteiger partial charge in [0, 0.05) is 29.6 Å². The Kier molecular flexibility index (Phi) is 7.87. The van der Waals surface area contributed by atoms with Gasteiger partial charge in [-0.3, -0.25) is 9.59 Å². The zero-order valence-electron chi connectivity index (χ0n) is 22.2. The number of nitrogens with zero attached hydrogens (tertiary/aromatic N) is 2. The lowest BCUT2D eigenvalue weighted by molar-refractivity contribution is -0.159. The number of aromatic nitrogens is 1. The Balaban J connectivity index is 1.17. The van der Waals surface area contributed by atoms with E-state index in [2.05, 4.69) is 11.1 Å². The fourth-order valence-electron chi connectivity index (χ4n) is 5.72. The normalized spacial score (nSPS) is 19.8. The minimum atomic E-state index is -0.620. The first-order valence-electron chi connectivity index (χ1n) is 13.6. The van der Waals surface area contributed by atoms with Crippen molar-refractivity contribution in [3.63, 3.8) is 0 Å². The number of hydrogen-bond donors (Lipinski definition) is 2. The van der Waals surface area contributed by atoms with Gasteiger partial charge in [-0.15, -0.1) is 0 Å². The Labute approximate surface area is 231 Å². The highest BCUT2D eigenvalue weighted by molar-refractivity contribution is 5.97. The van der Waals surface area contributed by atoms with E-state index in [9.17, 15) is 9.59 Å².